The molecule has 3 aliphatic rings. The van der Waals surface area contributed by atoms with Gasteiger partial charge in [-0.15, -0.1) is 6.58 Å². The predicted molar refractivity (Wildman–Crippen MR) is 127 cm³/mol. The van der Waals surface area contributed by atoms with Gasteiger partial charge >= 0.3 is 12.2 Å². The van der Waals surface area contributed by atoms with Gasteiger partial charge in [0.15, 0.2) is 0 Å². The van der Waals surface area contributed by atoms with Crippen molar-refractivity contribution in [3.63, 3.8) is 0 Å². The lowest BCUT2D eigenvalue weighted by molar-refractivity contribution is -0.139. The summed E-state index contributed by atoms with van der Waals surface area (Å²) in [6, 6.07) is 2.19. The molecule has 0 saturated heterocycles. The van der Waals surface area contributed by atoms with Crippen molar-refractivity contribution in [3.05, 3.63) is 59.3 Å². The summed E-state index contributed by atoms with van der Waals surface area (Å²) >= 11 is 0. The van der Waals surface area contributed by atoms with Gasteiger partial charge in [0.05, 0.1) is 29.4 Å². The first kappa shape index (κ1) is 25.8. The highest BCUT2D eigenvalue weighted by atomic mass is 19.4. The number of nitrogens with one attached hydrogen (secondary N) is 2. The van der Waals surface area contributed by atoms with Gasteiger partial charge in [-0.25, -0.2) is 4.79 Å². The molecule has 4 amide bonds. The molecule has 0 bridgehead atoms. The molecule has 1 aromatic rings. The van der Waals surface area contributed by atoms with Gasteiger partial charge in [0.1, 0.15) is 6.04 Å². The van der Waals surface area contributed by atoms with Crippen molar-refractivity contribution in [3.8, 4) is 0 Å². The lowest BCUT2D eigenvalue weighted by atomic mass is 9.91. The van der Waals surface area contributed by atoms with E-state index in [1.165, 1.54) is 34.1 Å². The Bertz CT molecular complexity index is 1090. The summed E-state index contributed by atoms with van der Waals surface area (Å²) in [6.07, 6.45) is -0.703. The van der Waals surface area contributed by atoms with Crippen LogP contribution in [0.4, 0.5) is 18.0 Å². The Kier molecular flexibility index (Phi) is 7.15. The van der Waals surface area contributed by atoms with Gasteiger partial charge in [0.2, 0.25) is 5.91 Å². The lowest BCUT2D eigenvalue weighted by Crippen LogP contribution is -2.49. The largest absolute Gasteiger partial charge is 0.416 e. The first-order valence-electron chi connectivity index (χ1n) is 12.2. The molecule has 0 unspecified atom stereocenters. The summed E-state index contributed by atoms with van der Waals surface area (Å²) in [5, 5.41) is 5.53. The Morgan fingerprint density at radius 1 is 1.25 bits per heavy atom. The Balaban J connectivity index is 1.74. The molecule has 1 fully saturated rings. The van der Waals surface area contributed by atoms with Crippen molar-refractivity contribution in [2.75, 3.05) is 19.6 Å². The Morgan fingerprint density at radius 2 is 1.94 bits per heavy atom. The van der Waals surface area contributed by atoms with E-state index in [0.29, 0.717) is 24.6 Å². The summed E-state index contributed by atoms with van der Waals surface area (Å²) in [5.74, 6) is -0.306. The van der Waals surface area contributed by atoms with Crippen LogP contribution in [-0.4, -0.2) is 53.3 Å². The summed E-state index contributed by atoms with van der Waals surface area (Å²) < 4.78 is 41.5. The molecule has 4 rings (SSSR count). The fourth-order valence-electron chi connectivity index (χ4n) is 4.83. The molecule has 194 valence electrons. The average molecular weight is 505 g/mol. The van der Waals surface area contributed by atoms with Crippen molar-refractivity contribution < 1.29 is 27.6 Å². The van der Waals surface area contributed by atoms with E-state index in [0.717, 1.165) is 18.9 Å². The van der Waals surface area contributed by atoms with E-state index in [1.54, 1.807) is 0 Å². The van der Waals surface area contributed by atoms with Gasteiger partial charge in [-0.2, -0.15) is 13.2 Å². The lowest BCUT2D eigenvalue weighted by Gasteiger charge is -2.33. The maximum absolute atomic E-state index is 13.8. The van der Waals surface area contributed by atoms with Crippen LogP contribution in [0.2, 0.25) is 0 Å². The monoisotopic (exact) mass is 504 g/mol. The first-order valence-corrected chi connectivity index (χ1v) is 12.2. The standard InChI is InChI=1S/C26H31F3N4O3/c1-4-11-32-20-14-33(19(12-15(2)3)23(34)30-13-16-9-10-16)24(35)21(20)22(31-25(32)36)17-7-5-6-8-18(17)26(27,28)29/h4-8,15-16,19,22H,1,9-14H2,2-3H3,(H,30,34)(H,31,36)/t19-,22-/m0/s1. The molecule has 10 heteroatoms. The highest BCUT2D eigenvalue weighted by molar-refractivity contribution is 6.03. The normalized spacial score (nSPS) is 21.0. The summed E-state index contributed by atoms with van der Waals surface area (Å²) in [4.78, 5) is 42.7. The minimum absolute atomic E-state index is 0.0473. The third kappa shape index (κ3) is 5.12. The number of nitrogens with zero attached hydrogens (tertiary/aromatic N) is 2. The molecule has 1 saturated carbocycles. The number of carbonyl (C=O) groups is 3. The van der Waals surface area contributed by atoms with Crippen molar-refractivity contribution in [2.45, 2.75) is 51.4 Å². The highest BCUT2D eigenvalue weighted by Gasteiger charge is 2.48. The van der Waals surface area contributed by atoms with Crippen LogP contribution < -0.4 is 10.6 Å². The zero-order valence-corrected chi connectivity index (χ0v) is 20.4. The molecule has 1 aromatic carbocycles. The minimum Gasteiger partial charge on any atom is -0.354 e. The van der Waals surface area contributed by atoms with Gasteiger partial charge in [-0.1, -0.05) is 38.1 Å². The molecule has 0 aromatic heterocycles. The first-order chi connectivity index (χ1) is 17.0. The van der Waals surface area contributed by atoms with Crippen molar-refractivity contribution >= 4 is 17.8 Å². The average Bonchev–Trinajstić information content (AvgIpc) is 3.59. The van der Waals surface area contributed by atoms with E-state index in [-0.39, 0.29) is 36.1 Å². The fourth-order valence-corrected chi connectivity index (χ4v) is 4.83. The van der Waals surface area contributed by atoms with E-state index < -0.39 is 35.8 Å². The van der Waals surface area contributed by atoms with Crippen LogP contribution in [0.15, 0.2) is 48.2 Å². The number of hydrogen-bond acceptors (Lipinski definition) is 3. The maximum Gasteiger partial charge on any atom is 0.416 e. The van der Waals surface area contributed by atoms with Crippen molar-refractivity contribution in [1.82, 2.24) is 20.4 Å². The van der Waals surface area contributed by atoms with E-state index >= 15 is 0 Å². The van der Waals surface area contributed by atoms with Gasteiger partial charge in [0, 0.05) is 13.1 Å². The van der Waals surface area contributed by atoms with Gasteiger partial charge < -0.3 is 15.5 Å². The zero-order valence-electron chi connectivity index (χ0n) is 20.4. The molecule has 0 radical (unpaired) electrons. The number of amides is 4. The van der Waals surface area contributed by atoms with E-state index in [9.17, 15) is 27.6 Å². The number of urea groups is 1. The molecule has 1 aliphatic carbocycles. The number of carbonyl (C=O) groups excluding carboxylic acids is 3. The maximum atomic E-state index is 13.8. The summed E-state index contributed by atoms with van der Waals surface area (Å²) in [5.41, 5.74) is -0.782. The van der Waals surface area contributed by atoms with Crippen LogP contribution in [0.3, 0.4) is 0 Å². The molecule has 36 heavy (non-hydrogen) atoms. The molecule has 2 heterocycles. The number of halogens is 3. The molecular formula is C26H31F3N4O3. The molecule has 2 atom stereocenters. The highest BCUT2D eigenvalue weighted by Crippen LogP contribution is 2.42. The molecule has 7 nitrogen and oxygen atoms in total. The van der Waals surface area contributed by atoms with Crippen molar-refractivity contribution in [1.29, 1.82) is 0 Å². The third-order valence-corrected chi connectivity index (χ3v) is 6.77. The second-order valence-corrected chi connectivity index (χ2v) is 9.99. The van der Waals surface area contributed by atoms with Crippen LogP contribution >= 0.6 is 0 Å². The topological polar surface area (TPSA) is 81.8 Å². The second-order valence-electron chi connectivity index (χ2n) is 9.99. The van der Waals surface area contributed by atoms with Crippen LogP contribution in [-0.2, 0) is 15.8 Å². The summed E-state index contributed by atoms with van der Waals surface area (Å²) in [6.45, 7) is 8.09. The van der Waals surface area contributed by atoms with Gasteiger partial charge in [-0.3, -0.25) is 14.5 Å². The Hall–Kier alpha value is -3.30. The number of hydrogen-bond donors (Lipinski definition) is 2. The molecule has 0 spiro atoms. The smallest absolute Gasteiger partial charge is 0.354 e. The Morgan fingerprint density at radius 3 is 2.56 bits per heavy atom. The minimum atomic E-state index is -4.68. The van der Waals surface area contributed by atoms with Gasteiger partial charge in [0.25, 0.3) is 5.91 Å². The van der Waals surface area contributed by atoms with E-state index in [1.807, 2.05) is 13.8 Å². The third-order valence-electron chi connectivity index (χ3n) is 6.77. The second kappa shape index (κ2) is 9.99. The number of benzene rings is 1. The summed E-state index contributed by atoms with van der Waals surface area (Å²) in [7, 11) is 0. The van der Waals surface area contributed by atoms with Crippen molar-refractivity contribution in [2.24, 2.45) is 11.8 Å². The zero-order chi connectivity index (χ0) is 26.2. The SMILES string of the molecule is C=CCN1C(=O)N[C@@H](c2ccccc2C(F)(F)F)C2=C1CN([C@@H](CC(C)C)C(=O)NCC1CC1)C2=O. The van der Waals surface area contributed by atoms with E-state index in [2.05, 4.69) is 17.2 Å². The van der Waals surface area contributed by atoms with E-state index in [4.69, 9.17) is 0 Å². The quantitative estimate of drug-likeness (QED) is 0.499. The van der Waals surface area contributed by atoms with Crippen LogP contribution in [0, 0.1) is 11.8 Å². The van der Waals surface area contributed by atoms with Crippen LogP contribution in [0.1, 0.15) is 50.3 Å². The van der Waals surface area contributed by atoms with Crippen LogP contribution in [0.25, 0.3) is 0 Å². The van der Waals surface area contributed by atoms with Crippen LogP contribution in [0.5, 0.6) is 0 Å². The number of rotatable bonds is 9. The molecule has 2 aliphatic heterocycles. The molecular weight excluding hydrogens is 473 g/mol. The Labute approximate surface area is 208 Å². The number of alkyl halides is 3. The predicted octanol–water partition coefficient (Wildman–Crippen LogP) is 3.99. The molecule has 2 N–H and O–H groups in total. The fraction of sp³-hybridized carbons (Fsp3) is 0.500. The van der Waals surface area contributed by atoms with Gasteiger partial charge in [-0.05, 0) is 42.7 Å².